The summed E-state index contributed by atoms with van der Waals surface area (Å²) in [5.41, 5.74) is 2.61. The third-order valence-electron chi connectivity index (χ3n) is 3.18. The van der Waals surface area contributed by atoms with Crippen LogP contribution in [0.5, 0.6) is 0 Å². The number of hydrogen-bond acceptors (Lipinski definition) is 3. The van der Waals surface area contributed by atoms with E-state index < -0.39 is 0 Å². The van der Waals surface area contributed by atoms with Crippen molar-refractivity contribution >= 4 is 11.6 Å². The summed E-state index contributed by atoms with van der Waals surface area (Å²) in [5.74, 6) is 1.28. The molecule has 1 unspecified atom stereocenters. The molecule has 2 aromatic rings. The topological polar surface area (TPSA) is 38.9 Å². The summed E-state index contributed by atoms with van der Waals surface area (Å²) in [4.78, 5) is 4.36. The van der Waals surface area contributed by atoms with Gasteiger partial charge in [0.05, 0.1) is 5.38 Å². The van der Waals surface area contributed by atoms with Gasteiger partial charge in [-0.2, -0.15) is 4.98 Å². The second kappa shape index (κ2) is 6.71. The Morgan fingerprint density at radius 2 is 2.05 bits per heavy atom. The van der Waals surface area contributed by atoms with Gasteiger partial charge in [0.1, 0.15) is 0 Å². The predicted molar refractivity (Wildman–Crippen MR) is 76.4 cm³/mol. The van der Waals surface area contributed by atoms with E-state index >= 15 is 0 Å². The van der Waals surface area contributed by atoms with Gasteiger partial charge in [-0.3, -0.25) is 0 Å². The summed E-state index contributed by atoms with van der Waals surface area (Å²) in [6.07, 6.45) is 3.56. The van der Waals surface area contributed by atoms with Crippen molar-refractivity contribution in [3.05, 3.63) is 47.1 Å². The van der Waals surface area contributed by atoms with Gasteiger partial charge in [0.2, 0.25) is 5.89 Å². The lowest BCUT2D eigenvalue weighted by atomic mass is 10.0. The molecule has 1 atom stereocenters. The molecule has 1 aromatic heterocycles. The average Bonchev–Trinajstić information content (AvgIpc) is 2.87. The van der Waals surface area contributed by atoms with Crippen LogP contribution in [0.3, 0.4) is 0 Å². The summed E-state index contributed by atoms with van der Waals surface area (Å²) in [6.45, 7) is 4.21. The number of halogens is 1. The maximum Gasteiger partial charge on any atom is 0.227 e. The maximum absolute atomic E-state index is 6.18. The number of aryl methyl sites for hydroxylation is 3. The van der Waals surface area contributed by atoms with Crippen molar-refractivity contribution in [3.8, 4) is 0 Å². The highest BCUT2D eigenvalue weighted by Gasteiger charge is 2.14. The van der Waals surface area contributed by atoms with Crippen molar-refractivity contribution in [2.24, 2.45) is 0 Å². The van der Waals surface area contributed by atoms with Crippen molar-refractivity contribution in [1.82, 2.24) is 10.1 Å². The fourth-order valence-corrected chi connectivity index (χ4v) is 2.32. The summed E-state index contributed by atoms with van der Waals surface area (Å²) in [6, 6.07) is 8.35. The highest BCUT2D eigenvalue weighted by molar-refractivity contribution is 6.20. The Kier molecular flexibility index (Phi) is 4.97. The van der Waals surface area contributed by atoms with Crippen molar-refractivity contribution in [1.29, 1.82) is 0 Å². The van der Waals surface area contributed by atoms with Crippen LogP contribution in [-0.2, 0) is 12.8 Å². The van der Waals surface area contributed by atoms with Crippen LogP contribution in [0.1, 0.15) is 48.0 Å². The SMILES string of the molecule is CCCC(Cl)c1noc(CCc2ccccc2C)n1. The molecule has 0 radical (unpaired) electrons. The first-order valence-electron chi connectivity index (χ1n) is 6.71. The highest BCUT2D eigenvalue weighted by atomic mass is 35.5. The maximum atomic E-state index is 6.18. The van der Waals surface area contributed by atoms with E-state index in [1.807, 2.05) is 6.07 Å². The molecule has 1 aromatic carbocycles. The molecule has 0 aliphatic carbocycles. The zero-order chi connectivity index (χ0) is 13.7. The number of rotatable bonds is 6. The Labute approximate surface area is 119 Å². The molecular weight excluding hydrogens is 260 g/mol. The Morgan fingerprint density at radius 1 is 1.26 bits per heavy atom. The first-order valence-corrected chi connectivity index (χ1v) is 7.15. The largest absolute Gasteiger partial charge is 0.339 e. The molecule has 19 heavy (non-hydrogen) atoms. The monoisotopic (exact) mass is 278 g/mol. The van der Waals surface area contributed by atoms with Gasteiger partial charge in [-0.25, -0.2) is 0 Å². The Balaban J connectivity index is 1.95. The average molecular weight is 279 g/mol. The Bertz CT molecular complexity index is 524. The van der Waals surface area contributed by atoms with Crippen molar-refractivity contribution in [2.45, 2.75) is 44.9 Å². The van der Waals surface area contributed by atoms with Gasteiger partial charge >= 0.3 is 0 Å². The van der Waals surface area contributed by atoms with Crippen LogP contribution in [-0.4, -0.2) is 10.1 Å². The van der Waals surface area contributed by atoms with E-state index in [4.69, 9.17) is 16.1 Å². The summed E-state index contributed by atoms with van der Waals surface area (Å²) in [5, 5.41) is 3.81. The molecule has 4 heteroatoms. The molecule has 0 fully saturated rings. The lowest BCUT2D eigenvalue weighted by Crippen LogP contribution is -1.96. The van der Waals surface area contributed by atoms with Crippen LogP contribution < -0.4 is 0 Å². The quantitative estimate of drug-likeness (QED) is 0.742. The van der Waals surface area contributed by atoms with Crippen molar-refractivity contribution < 1.29 is 4.52 Å². The summed E-state index contributed by atoms with van der Waals surface area (Å²) >= 11 is 6.18. The number of benzene rings is 1. The van der Waals surface area contributed by atoms with Crippen LogP contribution in [0.15, 0.2) is 28.8 Å². The molecule has 0 bridgehead atoms. The van der Waals surface area contributed by atoms with Gasteiger partial charge in [0.15, 0.2) is 5.82 Å². The molecule has 0 saturated heterocycles. The summed E-state index contributed by atoms with van der Waals surface area (Å²) < 4.78 is 5.25. The van der Waals surface area contributed by atoms with E-state index in [9.17, 15) is 0 Å². The van der Waals surface area contributed by atoms with Gasteiger partial charge in [-0.05, 0) is 30.9 Å². The van der Waals surface area contributed by atoms with E-state index in [1.165, 1.54) is 11.1 Å². The van der Waals surface area contributed by atoms with E-state index in [2.05, 4.69) is 42.2 Å². The fourth-order valence-electron chi connectivity index (χ4n) is 2.01. The van der Waals surface area contributed by atoms with Crippen LogP contribution in [0.2, 0.25) is 0 Å². The van der Waals surface area contributed by atoms with Crippen LogP contribution in [0.25, 0.3) is 0 Å². The van der Waals surface area contributed by atoms with E-state index in [1.54, 1.807) is 0 Å². The summed E-state index contributed by atoms with van der Waals surface area (Å²) in [7, 11) is 0. The second-order valence-corrected chi connectivity index (χ2v) is 5.26. The lowest BCUT2D eigenvalue weighted by molar-refractivity contribution is 0.372. The molecule has 0 spiro atoms. The van der Waals surface area contributed by atoms with Gasteiger partial charge < -0.3 is 4.52 Å². The predicted octanol–water partition coefficient (Wildman–Crippen LogP) is 4.24. The molecule has 0 N–H and O–H groups in total. The van der Waals surface area contributed by atoms with Crippen LogP contribution in [0, 0.1) is 6.92 Å². The third kappa shape index (κ3) is 3.80. The zero-order valence-corrected chi connectivity index (χ0v) is 12.2. The van der Waals surface area contributed by atoms with Crippen molar-refractivity contribution in [2.75, 3.05) is 0 Å². The van der Waals surface area contributed by atoms with Crippen LogP contribution >= 0.6 is 11.6 Å². The zero-order valence-electron chi connectivity index (χ0n) is 11.4. The first-order chi connectivity index (χ1) is 9.20. The number of alkyl halides is 1. The molecule has 0 aliphatic rings. The number of aromatic nitrogens is 2. The molecule has 1 heterocycles. The fraction of sp³-hybridized carbons (Fsp3) is 0.467. The Morgan fingerprint density at radius 3 is 2.79 bits per heavy atom. The first kappa shape index (κ1) is 14.1. The second-order valence-electron chi connectivity index (χ2n) is 4.73. The molecule has 102 valence electrons. The molecule has 2 rings (SSSR count). The van der Waals surface area contributed by atoms with Crippen LogP contribution in [0.4, 0.5) is 0 Å². The third-order valence-corrected chi connectivity index (χ3v) is 3.59. The van der Waals surface area contributed by atoms with E-state index in [-0.39, 0.29) is 5.38 Å². The minimum Gasteiger partial charge on any atom is -0.339 e. The minimum atomic E-state index is -0.138. The molecule has 0 saturated carbocycles. The van der Waals surface area contributed by atoms with E-state index in [0.29, 0.717) is 11.7 Å². The number of nitrogens with zero attached hydrogens (tertiary/aromatic N) is 2. The molecule has 0 aliphatic heterocycles. The highest BCUT2D eigenvalue weighted by Crippen LogP contribution is 2.23. The lowest BCUT2D eigenvalue weighted by Gasteiger charge is -2.02. The van der Waals surface area contributed by atoms with Crippen molar-refractivity contribution in [3.63, 3.8) is 0 Å². The minimum absolute atomic E-state index is 0.138. The van der Waals surface area contributed by atoms with Gasteiger partial charge in [0.25, 0.3) is 0 Å². The van der Waals surface area contributed by atoms with E-state index in [0.717, 1.165) is 25.7 Å². The van der Waals surface area contributed by atoms with Gasteiger partial charge in [-0.15, -0.1) is 11.6 Å². The normalized spacial score (nSPS) is 12.6. The van der Waals surface area contributed by atoms with Gasteiger partial charge in [-0.1, -0.05) is 42.8 Å². The standard InChI is InChI=1S/C15H19ClN2O/c1-3-6-13(16)15-17-14(19-18-15)10-9-12-8-5-4-7-11(12)2/h4-5,7-8,13H,3,6,9-10H2,1-2H3. The Hall–Kier alpha value is -1.35. The number of hydrogen-bond donors (Lipinski definition) is 0. The molecular formula is C15H19ClN2O. The smallest absolute Gasteiger partial charge is 0.227 e. The molecule has 0 amide bonds. The molecule has 3 nitrogen and oxygen atoms in total. The van der Waals surface area contributed by atoms with Gasteiger partial charge in [0, 0.05) is 6.42 Å².